The van der Waals surface area contributed by atoms with Crippen LogP contribution in [0.25, 0.3) is 0 Å². The minimum atomic E-state index is -4.14. The molecule has 0 N–H and O–H groups in total. The highest BCUT2D eigenvalue weighted by Crippen LogP contribution is 2.63. The molecule has 0 aromatic carbocycles. The highest BCUT2D eigenvalue weighted by Gasteiger charge is 2.65. The van der Waals surface area contributed by atoms with Gasteiger partial charge in [0.25, 0.3) is 0 Å². The van der Waals surface area contributed by atoms with Crippen molar-refractivity contribution in [3.05, 3.63) is 0 Å². The van der Waals surface area contributed by atoms with Gasteiger partial charge in [-0.1, -0.05) is 410 Å². The zero-order valence-electron chi connectivity index (χ0n) is 97.0. The van der Waals surface area contributed by atoms with E-state index in [0.717, 1.165) is 0 Å². The van der Waals surface area contributed by atoms with E-state index >= 15 is 0 Å². The first-order valence-corrected chi connectivity index (χ1v) is 52.6. The number of alkyl halides is 30. The molecule has 0 radical (unpaired) electrons. The summed E-state index contributed by atoms with van der Waals surface area (Å²) in [5, 5.41) is 0. The molecule has 0 aromatic heterocycles. The summed E-state index contributed by atoms with van der Waals surface area (Å²) in [4.78, 5) is 0. The smallest absolute Gasteiger partial charge is 0.171 e. The highest BCUT2D eigenvalue weighted by molar-refractivity contribution is 5.01. The van der Waals surface area contributed by atoms with Crippen LogP contribution in [0.3, 0.4) is 0 Å². The standard InChI is InChI=1S/C13H25F3.3C12H23F3.3C11H21F3.C10H19F3.2C9H17F3/c1-7-8-12(6,13(14,15)16)11(9(2)3)10(4)5;1-7-10(5,8-2)11(6,9(3)4)12(13,14)15;1-7-11(6,12(13,14)15)10(8(2)3)9(4)5;1-6-9-11(5,12(13,14)15)10(4,7-2)8-3;1-6-9(4,7-2)10(5,8-3)11(12,13)14;1-6-9(7-2)10(5,8(3)4)11(12,13)14;1-5-8-10(4,11(12,13)14)9(6-2)7-3;1-5-8(6-2)9(4,7-3)10(11,12)13;1-6(2)8(5,7(3)4)9(10,11)12;1-4-6-8(3,7-5-2)9(10,11)12/h9-11H,7-8H2,1-6H3;9H,7-8H2,1-6H3;8-10H,7H2,1-6H3;6-9H2,1-5H3;6-8H2,1-5H3;8-9H,6-7H2,1-5H3;9H,5-8H2,1-4H3;8H,5-7H2,1-4H3;6-7H,1-5H3;4-7H2,1-3H3/t12-;3*11-;3*10-;9-;;/m00000000../s1. The first kappa shape index (κ1) is 158. The summed E-state index contributed by atoms with van der Waals surface area (Å²) < 4.78 is 388. The van der Waals surface area contributed by atoms with Gasteiger partial charge in [0.2, 0.25) is 0 Å². The molecule has 0 spiro atoms. The second kappa shape index (κ2) is 63.3. The third-order valence-electron chi connectivity index (χ3n) is 35.7. The van der Waals surface area contributed by atoms with E-state index < -0.39 is 138 Å². The molecular weight excluding hydrogens is 1890 g/mol. The van der Waals surface area contributed by atoms with Crippen LogP contribution in [0.5, 0.6) is 0 Å². The van der Waals surface area contributed by atoms with E-state index in [0.29, 0.717) is 109 Å². The van der Waals surface area contributed by atoms with Crippen molar-refractivity contribution in [2.75, 3.05) is 0 Å². The molecule has 0 amide bonds. The summed E-state index contributed by atoms with van der Waals surface area (Å²) in [5.41, 5.74) is -17.4. The Balaban J connectivity index is -0.000000168. The molecule has 0 unspecified atom stereocenters. The molecule has 0 saturated heterocycles. The van der Waals surface area contributed by atoms with E-state index in [1.165, 1.54) is 69.2 Å². The van der Waals surface area contributed by atoms with Gasteiger partial charge in [-0.25, -0.2) is 0 Å². The summed E-state index contributed by atoms with van der Waals surface area (Å²) >= 11 is 0. The molecule has 0 nitrogen and oxygen atoms in total. The maximum Gasteiger partial charge on any atom is 0.395 e. The van der Waals surface area contributed by atoms with Crippen molar-refractivity contribution >= 4 is 0 Å². The predicted molar refractivity (Wildman–Crippen MR) is 531 cm³/mol. The Morgan fingerprint density at radius 1 is 0.164 bits per heavy atom. The van der Waals surface area contributed by atoms with Gasteiger partial charge in [-0.3, -0.25) is 0 Å². The van der Waals surface area contributed by atoms with Gasteiger partial charge in [0.05, 0.1) is 54.1 Å². The maximum absolute atomic E-state index is 13.3. The largest absolute Gasteiger partial charge is 0.395 e. The van der Waals surface area contributed by atoms with Gasteiger partial charge in [-0.2, -0.15) is 132 Å². The molecule has 860 valence electrons. The van der Waals surface area contributed by atoms with E-state index in [2.05, 4.69) is 0 Å². The van der Waals surface area contributed by atoms with Crippen LogP contribution in [0, 0.1) is 147 Å². The lowest BCUT2D eigenvalue weighted by Crippen LogP contribution is -2.51. The molecule has 0 saturated carbocycles. The summed E-state index contributed by atoms with van der Waals surface area (Å²) in [6.45, 7) is 82.9. The van der Waals surface area contributed by atoms with Gasteiger partial charge >= 0.3 is 61.8 Å². The first-order chi connectivity index (χ1) is 62.0. The fourth-order valence-electron chi connectivity index (χ4n) is 22.0. The van der Waals surface area contributed by atoms with Crippen molar-refractivity contribution in [2.45, 2.75) is 562 Å². The summed E-state index contributed by atoms with van der Waals surface area (Å²) in [6.07, 6.45) is -29.5. The van der Waals surface area contributed by atoms with Crippen molar-refractivity contribution in [3.8, 4) is 0 Å². The number of halogens is 30. The van der Waals surface area contributed by atoms with Gasteiger partial charge < -0.3 is 0 Å². The molecule has 30 heteroatoms. The molecule has 0 rings (SSSR count). The van der Waals surface area contributed by atoms with E-state index in [1.807, 2.05) is 159 Å². The van der Waals surface area contributed by atoms with Crippen LogP contribution in [0.1, 0.15) is 500 Å². The normalized spacial score (nSPS) is 17.0. The van der Waals surface area contributed by atoms with Crippen molar-refractivity contribution < 1.29 is 132 Å². The van der Waals surface area contributed by atoms with E-state index in [4.69, 9.17) is 0 Å². The Bertz CT molecular complexity index is 3010. The fraction of sp³-hybridized carbons (Fsp3) is 1.00. The summed E-state index contributed by atoms with van der Waals surface area (Å²) in [5.74, 6) is -2.72. The Labute approximate surface area is 837 Å². The summed E-state index contributed by atoms with van der Waals surface area (Å²) in [7, 11) is 0. The number of hydrogen-bond donors (Lipinski definition) is 0. The molecule has 0 aliphatic rings. The molecular formula is C110H210F30. The molecule has 0 fully saturated rings. The summed E-state index contributed by atoms with van der Waals surface area (Å²) in [6, 6.07) is 0. The predicted octanol–water partition coefficient (Wildman–Crippen LogP) is 47.0. The molecule has 0 aliphatic heterocycles. The Morgan fingerprint density at radius 2 is 0.386 bits per heavy atom. The Hall–Kier alpha value is -2.10. The second-order valence-electron chi connectivity index (χ2n) is 45.4. The minimum Gasteiger partial charge on any atom is -0.171 e. The molecule has 0 aromatic rings. The molecule has 0 heterocycles. The fourth-order valence-corrected chi connectivity index (χ4v) is 22.0. The van der Waals surface area contributed by atoms with Crippen LogP contribution in [0.2, 0.25) is 0 Å². The van der Waals surface area contributed by atoms with Crippen LogP contribution < -0.4 is 0 Å². The Kier molecular flexibility index (Phi) is 71.4. The zero-order valence-corrected chi connectivity index (χ0v) is 97.0. The average Bonchev–Trinajstić information content (AvgIpc) is 0.706. The van der Waals surface area contributed by atoms with Gasteiger partial charge in [-0.05, 0) is 183 Å². The molecule has 0 aliphatic carbocycles. The molecule has 0 bridgehead atoms. The minimum absolute atomic E-state index is 0.0524. The van der Waals surface area contributed by atoms with Crippen molar-refractivity contribution in [1.29, 1.82) is 0 Å². The third kappa shape index (κ3) is 41.6. The van der Waals surface area contributed by atoms with Crippen molar-refractivity contribution in [1.82, 2.24) is 0 Å². The second-order valence-corrected chi connectivity index (χ2v) is 45.4. The van der Waals surface area contributed by atoms with Crippen molar-refractivity contribution in [3.63, 3.8) is 0 Å². The maximum atomic E-state index is 13.3. The van der Waals surface area contributed by atoms with Crippen LogP contribution in [0.4, 0.5) is 132 Å². The van der Waals surface area contributed by atoms with Gasteiger partial charge in [0.15, 0.2) is 0 Å². The van der Waals surface area contributed by atoms with E-state index in [1.54, 1.807) is 111 Å². The lowest BCUT2D eigenvalue weighted by molar-refractivity contribution is -0.275. The topological polar surface area (TPSA) is 0 Å². The van der Waals surface area contributed by atoms with Gasteiger partial charge in [0.1, 0.15) is 0 Å². The molecule has 140 heavy (non-hydrogen) atoms. The lowest BCUT2D eigenvalue weighted by Gasteiger charge is -2.49. The van der Waals surface area contributed by atoms with Crippen LogP contribution >= 0.6 is 0 Å². The highest BCUT2D eigenvalue weighted by atomic mass is 19.4. The van der Waals surface area contributed by atoms with E-state index in [9.17, 15) is 132 Å². The van der Waals surface area contributed by atoms with Crippen molar-refractivity contribution in [2.24, 2.45) is 147 Å². The first-order valence-electron chi connectivity index (χ1n) is 52.6. The Morgan fingerprint density at radius 3 is 0.500 bits per heavy atom. The SMILES string of the molecule is CC(C)C(C)(C(C)C)C(F)(F)F.CCC(C)(CC)[C@](C)(C(C)C)C(F)(F)F.CCC(C)(CC)[C@](C)(CC)C(F)(F)F.CCC(CC)[C@](C)(C(C)C)C(F)(F)F.CCC(CC)[C@](C)(CC)C(F)(F)F.CCCC(C)(CCC)C(F)(F)F.CCC[C@@](C)(C(C(C)C)C(C)C)C(F)(F)F.CCC[C@@](C)(C(CC)CC)C(F)(F)F.CCC[C@](C)(C(F)(F)F)C(C)(CC)CC.CC[C@@](C)(C(C(C)C)C(C)C)C(F)(F)F. The van der Waals surface area contributed by atoms with Crippen LogP contribution in [-0.4, -0.2) is 61.8 Å². The monoisotopic (exact) mass is 2100 g/mol. The van der Waals surface area contributed by atoms with Crippen LogP contribution in [0.15, 0.2) is 0 Å². The quantitative estimate of drug-likeness (QED) is 0.0535. The van der Waals surface area contributed by atoms with Gasteiger partial charge in [0, 0.05) is 0 Å². The lowest BCUT2D eigenvalue weighted by atomic mass is 9.57. The number of hydrogen-bond acceptors (Lipinski definition) is 0. The van der Waals surface area contributed by atoms with Crippen LogP contribution in [-0.2, 0) is 0 Å². The van der Waals surface area contributed by atoms with E-state index in [-0.39, 0.29) is 122 Å². The number of rotatable bonds is 41. The average molecular weight is 2100 g/mol. The van der Waals surface area contributed by atoms with Gasteiger partial charge in [-0.15, -0.1) is 0 Å². The molecule has 8 atom stereocenters. The zero-order chi connectivity index (χ0) is 116. The third-order valence-corrected chi connectivity index (χ3v) is 35.7.